The highest BCUT2D eigenvalue weighted by Gasteiger charge is 2.19. The number of carbonyl (C=O) groups is 1. The van der Waals surface area contributed by atoms with Crippen LogP contribution in [0.1, 0.15) is 21.5 Å². The fourth-order valence-electron chi connectivity index (χ4n) is 2.96. The summed E-state index contributed by atoms with van der Waals surface area (Å²) in [5, 5.41) is 6.27. The van der Waals surface area contributed by atoms with Gasteiger partial charge >= 0.3 is 0 Å². The number of carbonyl (C=O) groups excluding carboxylic acids is 1. The predicted octanol–water partition coefficient (Wildman–Crippen LogP) is 3.27. The van der Waals surface area contributed by atoms with Crippen molar-refractivity contribution < 1.29 is 18.0 Å². The number of benzene rings is 1. The summed E-state index contributed by atoms with van der Waals surface area (Å²) >= 11 is 0. The zero-order valence-electron chi connectivity index (χ0n) is 19.0. The van der Waals surface area contributed by atoms with Crippen molar-refractivity contribution in [2.75, 3.05) is 35.4 Å². The molecule has 174 valence electrons. The van der Waals surface area contributed by atoms with Crippen molar-refractivity contribution in [3.63, 3.8) is 0 Å². The molecule has 0 atom stereocenters. The first kappa shape index (κ1) is 24.0. The first-order chi connectivity index (χ1) is 15.6. The van der Waals surface area contributed by atoms with Gasteiger partial charge in [0.05, 0.1) is 36.0 Å². The third kappa shape index (κ3) is 5.96. The Kier molecular flexibility index (Phi) is 7.14. The number of rotatable bonds is 8. The molecule has 10 nitrogen and oxygen atoms in total. The third-order valence-corrected chi connectivity index (χ3v) is 5.96. The number of pyridine rings is 2. The van der Waals surface area contributed by atoms with Gasteiger partial charge in [-0.25, -0.2) is 23.9 Å². The number of anilines is 5. The smallest absolute Gasteiger partial charge is 0.278 e. The van der Waals surface area contributed by atoms with E-state index in [1.807, 2.05) is 32.0 Å². The highest BCUT2D eigenvalue weighted by molar-refractivity contribution is 7.92. The minimum atomic E-state index is -3.51. The Labute approximate surface area is 193 Å². The van der Waals surface area contributed by atoms with Crippen molar-refractivity contribution in [3.05, 3.63) is 65.5 Å². The average Bonchev–Trinajstić information content (AvgIpc) is 2.76. The molecule has 3 aromatic rings. The van der Waals surface area contributed by atoms with E-state index in [9.17, 15) is 13.2 Å². The summed E-state index contributed by atoms with van der Waals surface area (Å²) in [6.07, 6.45) is 4.24. The Morgan fingerprint density at radius 1 is 0.939 bits per heavy atom. The SMILES string of the molecule is CONC(=O)c1cnc(Nc2ccc(C)cn2)cc1Nc1ccc(C)cc1N(C)S(C)(=O)=O. The van der Waals surface area contributed by atoms with Gasteiger partial charge in [0, 0.05) is 25.5 Å². The molecule has 2 aromatic heterocycles. The maximum absolute atomic E-state index is 12.5. The third-order valence-electron chi connectivity index (χ3n) is 4.77. The van der Waals surface area contributed by atoms with E-state index in [0.717, 1.165) is 17.4 Å². The molecule has 3 N–H and O–H groups in total. The van der Waals surface area contributed by atoms with Gasteiger partial charge in [0.2, 0.25) is 10.0 Å². The van der Waals surface area contributed by atoms with Crippen LogP contribution in [0.15, 0.2) is 48.8 Å². The lowest BCUT2D eigenvalue weighted by molar-refractivity contribution is 0.0538. The van der Waals surface area contributed by atoms with Crippen LogP contribution in [-0.4, -0.2) is 44.7 Å². The van der Waals surface area contributed by atoms with Crippen LogP contribution in [0.4, 0.5) is 28.7 Å². The predicted molar refractivity (Wildman–Crippen MR) is 129 cm³/mol. The lowest BCUT2D eigenvalue weighted by atomic mass is 10.1. The molecule has 1 amide bonds. The number of hydrogen-bond donors (Lipinski definition) is 3. The van der Waals surface area contributed by atoms with Gasteiger partial charge in [0.25, 0.3) is 5.91 Å². The lowest BCUT2D eigenvalue weighted by Gasteiger charge is -2.22. The van der Waals surface area contributed by atoms with E-state index >= 15 is 0 Å². The van der Waals surface area contributed by atoms with Gasteiger partial charge in [-0.3, -0.25) is 13.9 Å². The van der Waals surface area contributed by atoms with E-state index in [1.54, 1.807) is 24.4 Å². The molecule has 0 saturated carbocycles. The normalized spacial score (nSPS) is 11.1. The van der Waals surface area contributed by atoms with Crippen molar-refractivity contribution in [1.82, 2.24) is 15.4 Å². The molecule has 33 heavy (non-hydrogen) atoms. The fraction of sp³-hybridized carbons (Fsp3) is 0.227. The number of sulfonamides is 1. The van der Waals surface area contributed by atoms with Crippen molar-refractivity contribution in [2.24, 2.45) is 0 Å². The minimum absolute atomic E-state index is 0.202. The first-order valence-electron chi connectivity index (χ1n) is 9.93. The van der Waals surface area contributed by atoms with Gasteiger partial charge in [0.1, 0.15) is 11.6 Å². The topological polar surface area (TPSA) is 126 Å². The Morgan fingerprint density at radius 3 is 2.27 bits per heavy atom. The maximum Gasteiger partial charge on any atom is 0.278 e. The molecule has 1 aromatic carbocycles. The quantitative estimate of drug-likeness (QED) is 0.428. The van der Waals surface area contributed by atoms with Gasteiger partial charge in [-0.05, 0) is 43.2 Å². The number of nitrogens with zero attached hydrogens (tertiary/aromatic N) is 3. The molecule has 0 aliphatic rings. The molecule has 0 spiro atoms. The Balaban J connectivity index is 2.04. The number of aryl methyl sites for hydroxylation is 2. The summed E-state index contributed by atoms with van der Waals surface area (Å²) in [6, 6.07) is 10.7. The van der Waals surface area contributed by atoms with Crippen LogP contribution in [0, 0.1) is 13.8 Å². The van der Waals surface area contributed by atoms with E-state index in [4.69, 9.17) is 4.84 Å². The lowest BCUT2D eigenvalue weighted by Crippen LogP contribution is -2.26. The van der Waals surface area contributed by atoms with E-state index in [2.05, 4.69) is 26.1 Å². The Bertz CT molecular complexity index is 1260. The summed E-state index contributed by atoms with van der Waals surface area (Å²) in [5.41, 5.74) is 5.69. The zero-order valence-corrected chi connectivity index (χ0v) is 19.8. The van der Waals surface area contributed by atoms with Crippen LogP contribution in [0.25, 0.3) is 0 Å². The standard InChI is InChI=1S/C22H26N6O4S/c1-14-6-8-17(19(10-14)28(3)33(5,30)31)25-18-11-21(24-13-16(18)22(29)27-32-4)26-20-9-7-15(2)12-23-20/h6-13H,1-5H3,(H,27,29)(H2,23,24,25,26). The highest BCUT2D eigenvalue weighted by atomic mass is 32.2. The Morgan fingerprint density at radius 2 is 1.64 bits per heavy atom. The molecular formula is C22H26N6O4S. The van der Waals surface area contributed by atoms with Gasteiger partial charge in [0.15, 0.2) is 0 Å². The van der Waals surface area contributed by atoms with E-state index in [0.29, 0.717) is 28.7 Å². The largest absolute Gasteiger partial charge is 0.353 e. The Hall–Kier alpha value is -3.70. The molecule has 0 aliphatic carbocycles. The fourth-order valence-corrected chi connectivity index (χ4v) is 3.47. The van der Waals surface area contributed by atoms with Gasteiger partial charge in [-0.15, -0.1) is 0 Å². The van der Waals surface area contributed by atoms with E-state index in [-0.39, 0.29) is 5.56 Å². The average molecular weight is 471 g/mol. The summed E-state index contributed by atoms with van der Waals surface area (Å²) < 4.78 is 25.5. The maximum atomic E-state index is 12.5. The summed E-state index contributed by atoms with van der Waals surface area (Å²) in [4.78, 5) is 25.9. The molecule has 2 heterocycles. The molecule has 0 fully saturated rings. The second-order valence-corrected chi connectivity index (χ2v) is 9.49. The molecule has 0 aliphatic heterocycles. The number of hydroxylamine groups is 1. The van der Waals surface area contributed by atoms with E-state index in [1.165, 1.54) is 24.7 Å². The number of hydrogen-bond acceptors (Lipinski definition) is 8. The van der Waals surface area contributed by atoms with Crippen LogP contribution in [0.5, 0.6) is 0 Å². The molecular weight excluding hydrogens is 444 g/mol. The van der Waals surface area contributed by atoms with Crippen molar-refractivity contribution in [3.8, 4) is 0 Å². The number of nitrogens with one attached hydrogen (secondary N) is 3. The van der Waals surface area contributed by atoms with Gasteiger partial charge in [-0.1, -0.05) is 12.1 Å². The molecule has 0 bridgehead atoms. The monoisotopic (exact) mass is 470 g/mol. The first-order valence-corrected chi connectivity index (χ1v) is 11.8. The number of amides is 1. The molecule has 11 heteroatoms. The van der Waals surface area contributed by atoms with Crippen LogP contribution >= 0.6 is 0 Å². The second kappa shape index (κ2) is 9.84. The molecule has 0 radical (unpaired) electrons. The molecule has 3 rings (SSSR count). The van der Waals surface area contributed by atoms with E-state index < -0.39 is 15.9 Å². The highest BCUT2D eigenvalue weighted by Crippen LogP contribution is 2.33. The minimum Gasteiger partial charge on any atom is -0.353 e. The van der Waals surface area contributed by atoms with Crippen LogP contribution in [0.3, 0.4) is 0 Å². The van der Waals surface area contributed by atoms with Crippen LogP contribution < -0.4 is 20.4 Å². The van der Waals surface area contributed by atoms with Gasteiger partial charge in [-0.2, -0.15) is 0 Å². The zero-order chi connectivity index (χ0) is 24.2. The van der Waals surface area contributed by atoms with Gasteiger partial charge < -0.3 is 10.6 Å². The number of aromatic nitrogens is 2. The summed E-state index contributed by atoms with van der Waals surface area (Å²) in [5.74, 6) is 0.506. The molecule has 0 saturated heterocycles. The van der Waals surface area contributed by atoms with Crippen molar-refractivity contribution >= 4 is 44.6 Å². The van der Waals surface area contributed by atoms with Crippen LogP contribution in [-0.2, 0) is 14.9 Å². The van der Waals surface area contributed by atoms with Crippen molar-refractivity contribution in [1.29, 1.82) is 0 Å². The van der Waals surface area contributed by atoms with Crippen molar-refractivity contribution in [2.45, 2.75) is 13.8 Å². The van der Waals surface area contributed by atoms with Crippen LogP contribution in [0.2, 0.25) is 0 Å². The molecule has 0 unspecified atom stereocenters. The summed E-state index contributed by atoms with van der Waals surface area (Å²) in [6.45, 7) is 3.80. The summed E-state index contributed by atoms with van der Waals surface area (Å²) in [7, 11) is -0.715. The second-order valence-electron chi connectivity index (χ2n) is 7.47.